The van der Waals surface area contributed by atoms with Crippen molar-refractivity contribution in [2.45, 2.75) is 58.8 Å². The van der Waals surface area contributed by atoms with Crippen LogP contribution >= 0.6 is 0 Å². The number of carbonyl (C=O) groups is 1. The first-order valence-electron chi connectivity index (χ1n) is 10.3. The van der Waals surface area contributed by atoms with Gasteiger partial charge in [0.15, 0.2) is 5.76 Å². The number of rotatable bonds is 10. The van der Waals surface area contributed by atoms with Crippen LogP contribution < -0.4 is 0 Å². The molecule has 1 aromatic heterocycles. The Morgan fingerprint density at radius 1 is 1.03 bits per heavy atom. The van der Waals surface area contributed by atoms with Crippen LogP contribution in [0.1, 0.15) is 39.7 Å². The Labute approximate surface area is 180 Å². The zero-order valence-electron chi connectivity index (χ0n) is 18.2. The van der Waals surface area contributed by atoms with E-state index in [0.29, 0.717) is 36.3 Å². The van der Waals surface area contributed by atoms with E-state index < -0.39 is 12.1 Å². The molecule has 0 unspecified atom stereocenters. The molecular formula is C22H29F4N3O2. The molecule has 9 heteroatoms. The normalized spacial score (nSPS) is 12.2. The molecule has 0 saturated carbocycles. The quantitative estimate of drug-likeness (QED) is 0.489. The lowest BCUT2D eigenvalue weighted by atomic mass is 10.1. The van der Waals surface area contributed by atoms with Crippen molar-refractivity contribution < 1.29 is 26.9 Å². The van der Waals surface area contributed by atoms with Crippen LogP contribution in [0, 0.1) is 5.82 Å². The summed E-state index contributed by atoms with van der Waals surface area (Å²) in [5, 5.41) is 3.76. The molecular weight excluding hydrogens is 414 g/mol. The molecule has 2 aromatic rings. The van der Waals surface area contributed by atoms with Gasteiger partial charge in [-0.25, -0.2) is 4.39 Å². The van der Waals surface area contributed by atoms with Crippen molar-refractivity contribution in [3.8, 4) is 11.3 Å². The number of hydrogen-bond acceptors (Lipinski definition) is 4. The largest absolute Gasteiger partial charge is 0.471 e. The third-order valence-electron chi connectivity index (χ3n) is 5.11. The van der Waals surface area contributed by atoms with Crippen molar-refractivity contribution in [1.82, 2.24) is 15.0 Å². The van der Waals surface area contributed by atoms with Gasteiger partial charge in [0.2, 0.25) is 0 Å². The molecule has 2 rings (SSSR count). The van der Waals surface area contributed by atoms with E-state index in [1.165, 1.54) is 18.3 Å². The van der Waals surface area contributed by atoms with Crippen LogP contribution in [0.25, 0.3) is 11.3 Å². The summed E-state index contributed by atoms with van der Waals surface area (Å²) in [7, 11) is 0. The standard InChI is InChI=1S/C22H29F4N3O2/c1-15(2)29(16(3)4)13-12-28(21(30)22(24,25)26)11-5-6-18-14-27-31-20(18)17-7-9-19(23)10-8-17/h7-10,14-16H,5-6,11-13H2,1-4H3. The van der Waals surface area contributed by atoms with E-state index in [0.717, 1.165) is 4.90 Å². The number of aryl methyl sites for hydroxylation is 1. The van der Waals surface area contributed by atoms with Gasteiger partial charge in [-0.05, 0) is 64.8 Å². The molecule has 0 saturated heterocycles. The second kappa shape index (κ2) is 10.7. The molecule has 1 amide bonds. The van der Waals surface area contributed by atoms with Gasteiger partial charge in [-0.3, -0.25) is 9.69 Å². The van der Waals surface area contributed by atoms with E-state index in [1.54, 1.807) is 12.1 Å². The van der Waals surface area contributed by atoms with Crippen molar-refractivity contribution in [2.24, 2.45) is 0 Å². The maximum absolute atomic E-state index is 13.1. The van der Waals surface area contributed by atoms with Crippen molar-refractivity contribution in [1.29, 1.82) is 0 Å². The second-order valence-electron chi connectivity index (χ2n) is 8.01. The van der Waals surface area contributed by atoms with Crippen LogP contribution in [0.2, 0.25) is 0 Å². The predicted octanol–water partition coefficient (Wildman–Crippen LogP) is 4.92. The van der Waals surface area contributed by atoms with E-state index in [4.69, 9.17) is 4.52 Å². The van der Waals surface area contributed by atoms with Crippen LogP contribution in [0.15, 0.2) is 35.0 Å². The minimum Gasteiger partial charge on any atom is -0.356 e. The van der Waals surface area contributed by atoms with Gasteiger partial charge in [0.1, 0.15) is 5.82 Å². The van der Waals surface area contributed by atoms with Crippen LogP contribution in [-0.4, -0.2) is 58.8 Å². The first-order chi connectivity index (χ1) is 14.5. The Bertz CT molecular complexity index is 824. The number of aromatic nitrogens is 1. The number of amides is 1. The molecule has 0 aliphatic heterocycles. The van der Waals surface area contributed by atoms with E-state index in [9.17, 15) is 22.4 Å². The Morgan fingerprint density at radius 2 is 1.65 bits per heavy atom. The van der Waals surface area contributed by atoms with E-state index >= 15 is 0 Å². The van der Waals surface area contributed by atoms with E-state index in [-0.39, 0.29) is 31.0 Å². The number of nitrogens with zero attached hydrogens (tertiary/aromatic N) is 3. The molecule has 0 spiro atoms. The first kappa shape index (κ1) is 24.8. The predicted molar refractivity (Wildman–Crippen MR) is 110 cm³/mol. The minimum atomic E-state index is -4.92. The average molecular weight is 443 g/mol. The van der Waals surface area contributed by atoms with Crippen molar-refractivity contribution >= 4 is 5.91 Å². The third-order valence-corrected chi connectivity index (χ3v) is 5.11. The zero-order chi connectivity index (χ0) is 23.2. The Balaban J connectivity index is 2.05. The number of benzene rings is 1. The summed E-state index contributed by atoms with van der Waals surface area (Å²) in [6.07, 6.45) is -2.75. The van der Waals surface area contributed by atoms with Crippen LogP contribution in [0.3, 0.4) is 0 Å². The Morgan fingerprint density at radius 3 is 2.19 bits per heavy atom. The molecule has 0 fully saturated rings. The fourth-order valence-corrected chi connectivity index (χ4v) is 3.58. The lowest BCUT2D eigenvalue weighted by Crippen LogP contribution is -2.47. The maximum Gasteiger partial charge on any atom is 0.471 e. The Hall–Kier alpha value is -2.42. The van der Waals surface area contributed by atoms with Gasteiger partial charge in [0.25, 0.3) is 0 Å². The van der Waals surface area contributed by atoms with Crippen molar-refractivity contribution in [3.63, 3.8) is 0 Å². The Kier molecular flexibility index (Phi) is 8.61. The number of hydrogen-bond donors (Lipinski definition) is 0. The number of alkyl halides is 3. The summed E-state index contributed by atoms with van der Waals surface area (Å²) in [6, 6.07) is 5.98. The fourth-order valence-electron chi connectivity index (χ4n) is 3.58. The molecule has 1 heterocycles. The molecule has 0 atom stereocenters. The summed E-state index contributed by atoms with van der Waals surface area (Å²) in [5.41, 5.74) is 1.32. The SMILES string of the molecule is CC(C)N(CCN(CCCc1cnoc1-c1ccc(F)cc1)C(=O)C(F)(F)F)C(C)C. The lowest BCUT2D eigenvalue weighted by Gasteiger charge is -2.33. The summed E-state index contributed by atoms with van der Waals surface area (Å²) in [5.74, 6) is -1.77. The second-order valence-corrected chi connectivity index (χ2v) is 8.01. The van der Waals surface area contributed by atoms with Crippen molar-refractivity contribution in [2.75, 3.05) is 19.6 Å². The summed E-state index contributed by atoms with van der Waals surface area (Å²) in [4.78, 5) is 14.9. The first-order valence-corrected chi connectivity index (χ1v) is 10.3. The molecule has 0 aliphatic carbocycles. The van der Waals surface area contributed by atoms with Gasteiger partial charge in [-0.2, -0.15) is 13.2 Å². The highest BCUT2D eigenvalue weighted by Crippen LogP contribution is 2.25. The van der Waals surface area contributed by atoms with E-state index in [2.05, 4.69) is 5.16 Å². The van der Waals surface area contributed by atoms with Gasteiger partial charge < -0.3 is 9.42 Å². The molecule has 172 valence electrons. The summed E-state index contributed by atoms with van der Waals surface area (Å²) < 4.78 is 57.7. The molecule has 0 aliphatic rings. The van der Waals surface area contributed by atoms with Crippen LogP contribution in [-0.2, 0) is 11.2 Å². The number of halogens is 4. The monoisotopic (exact) mass is 443 g/mol. The van der Waals surface area contributed by atoms with Crippen LogP contribution in [0.4, 0.5) is 17.6 Å². The maximum atomic E-state index is 13.1. The summed E-state index contributed by atoms with van der Waals surface area (Å²) >= 11 is 0. The van der Waals surface area contributed by atoms with Crippen molar-refractivity contribution in [3.05, 3.63) is 41.8 Å². The molecule has 0 radical (unpaired) electrons. The highest BCUT2D eigenvalue weighted by Gasteiger charge is 2.42. The fraction of sp³-hybridized carbons (Fsp3) is 0.545. The molecule has 0 bridgehead atoms. The van der Waals surface area contributed by atoms with Gasteiger partial charge in [0, 0.05) is 42.8 Å². The van der Waals surface area contributed by atoms with Crippen LogP contribution in [0.5, 0.6) is 0 Å². The number of carbonyl (C=O) groups excluding carboxylic acids is 1. The third kappa shape index (κ3) is 7.05. The molecule has 31 heavy (non-hydrogen) atoms. The van der Waals surface area contributed by atoms with Gasteiger partial charge in [-0.15, -0.1) is 0 Å². The topological polar surface area (TPSA) is 49.6 Å². The lowest BCUT2D eigenvalue weighted by molar-refractivity contribution is -0.185. The van der Waals surface area contributed by atoms with Gasteiger partial charge in [-0.1, -0.05) is 5.16 Å². The highest BCUT2D eigenvalue weighted by molar-refractivity contribution is 5.81. The molecule has 5 nitrogen and oxygen atoms in total. The molecule has 1 aromatic carbocycles. The average Bonchev–Trinajstić information content (AvgIpc) is 3.14. The highest BCUT2D eigenvalue weighted by atomic mass is 19.4. The zero-order valence-corrected chi connectivity index (χ0v) is 18.2. The molecule has 0 N–H and O–H groups in total. The van der Waals surface area contributed by atoms with Gasteiger partial charge >= 0.3 is 12.1 Å². The minimum absolute atomic E-state index is 0.0108. The smallest absolute Gasteiger partial charge is 0.356 e. The summed E-state index contributed by atoms with van der Waals surface area (Å²) in [6.45, 7) is 8.18. The van der Waals surface area contributed by atoms with Gasteiger partial charge in [0.05, 0.1) is 6.20 Å². The van der Waals surface area contributed by atoms with E-state index in [1.807, 2.05) is 32.6 Å².